The maximum absolute atomic E-state index is 12.0. The fourth-order valence-electron chi connectivity index (χ4n) is 2.38. The molecular formula is C16H16N4O2S. The van der Waals surface area contributed by atoms with Crippen LogP contribution in [0.5, 0.6) is 0 Å². The number of aromatic nitrogens is 3. The van der Waals surface area contributed by atoms with Crippen LogP contribution < -0.4 is 5.32 Å². The Morgan fingerprint density at radius 3 is 3.13 bits per heavy atom. The first kappa shape index (κ1) is 14.2. The summed E-state index contributed by atoms with van der Waals surface area (Å²) in [5.74, 6) is 1.08. The number of rotatable bonds is 6. The van der Waals surface area contributed by atoms with E-state index in [-0.39, 0.29) is 5.91 Å². The van der Waals surface area contributed by atoms with Gasteiger partial charge in [-0.25, -0.2) is 0 Å². The minimum Gasteiger partial charge on any atom is -0.360 e. The standard InChI is InChI=1S/C16H16N4O2S/c21-16(14-9-15(22-19-14)11-1-2-11)17-5-7-20-6-3-13(18-20)12-4-8-23-10-12/h3-4,6,8-11H,1-2,5,7H2,(H,17,21). The molecule has 4 rings (SSSR count). The van der Waals surface area contributed by atoms with Gasteiger partial charge in [-0.05, 0) is 30.4 Å². The summed E-state index contributed by atoms with van der Waals surface area (Å²) in [6.07, 6.45) is 4.17. The molecule has 1 amide bonds. The van der Waals surface area contributed by atoms with Gasteiger partial charge in [0, 0.05) is 35.7 Å². The lowest BCUT2D eigenvalue weighted by Crippen LogP contribution is -2.27. The molecule has 0 atom stereocenters. The number of amides is 1. The van der Waals surface area contributed by atoms with Crippen LogP contribution in [0.4, 0.5) is 0 Å². The molecule has 6 nitrogen and oxygen atoms in total. The highest BCUT2D eigenvalue weighted by molar-refractivity contribution is 7.08. The van der Waals surface area contributed by atoms with E-state index in [0.717, 1.165) is 29.9 Å². The van der Waals surface area contributed by atoms with Crippen molar-refractivity contribution in [3.8, 4) is 11.3 Å². The normalized spacial score (nSPS) is 14.1. The van der Waals surface area contributed by atoms with Gasteiger partial charge in [0.2, 0.25) is 0 Å². The van der Waals surface area contributed by atoms with E-state index >= 15 is 0 Å². The second-order valence-electron chi connectivity index (χ2n) is 5.62. The molecule has 1 aliphatic rings. The van der Waals surface area contributed by atoms with Gasteiger partial charge in [-0.1, -0.05) is 5.16 Å². The lowest BCUT2D eigenvalue weighted by atomic mass is 10.2. The average molecular weight is 328 g/mol. The molecule has 118 valence electrons. The van der Waals surface area contributed by atoms with Crippen molar-refractivity contribution in [1.82, 2.24) is 20.3 Å². The summed E-state index contributed by atoms with van der Waals surface area (Å²) < 4.78 is 7.02. The Morgan fingerprint density at radius 2 is 2.35 bits per heavy atom. The van der Waals surface area contributed by atoms with Crippen LogP contribution in [0.1, 0.15) is 35.0 Å². The molecule has 23 heavy (non-hydrogen) atoms. The molecule has 1 saturated carbocycles. The van der Waals surface area contributed by atoms with Gasteiger partial charge < -0.3 is 9.84 Å². The molecule has 0 saturated heterocycles. The first-order valence-electron chi connectivity index (χ1n) is 7.60. The average Bonchev–Trinajstić information content (AvgIpc) is 3.03. The highest BCUT2D eigenvalue weighted by atomic mass is 32.1. The van der Waals surface area contributed by atoms with Gasteiger partial charge in [0.25, 0.3) is 5.91 Å². The fraction of sp³-hybridized carbons (Fsp3) is 0.312. The summed E-state index contributed by atoms with van der Waals surface area (Å²) in [6, 6.07) is 5.76. The fourth-order valence-corrected chi connectivity index (χ4v) is 3.03. The highest BCUT2D eigenvalue weighted by Gasteiger charge is 2.28. The molecular weight excluding hydrogens is 312 g/mol. The van der Waals surface area contributed by atoms with Crippen molar-refractivity contribution < 1.29 is 9.32 Å². The molecule has 3 heterocycles. The van der Waals surface area contributed by atoms with E-state index in [2.05, 4.69) is 21.0 Å². The van der Waals surface area contributed by atoms with Crippen molar-refractivity contribution in [1.29, 1.82) is 0 Å². The number of thiophene rings is 1. The molecule has 0 aliphatic heterocycles. The van der Waals surface area contributed by atoms with Crippen LogP contribution in [0, 0.1) is 0 Å². The number of hydrogen-bond donors (Lipinski definition) is 1. The van der Waals surface area contributed by atoms with E-state index in [9.17, 15) is 4.79 Å². The SMILES string of the molecule is O=C(NCCn1ccc(-c2ccsc2)n1)c1cc(C2CC2)on1. The maximum Gasteiger partial charge on any atom is 0.273 e. The zero-order chi connectivity index (χ0) is 15.6. The summed E-state index contributed by atoms with van der Waals surface area (Å²) >= 11 is 1.65. The van der Waals surface area contributed by atoms with Crippen molar-refractivity contribution in [3.63, 3.8) is 0 Å². The van der Waals surface area contributed by atoms with Gasteiger partial charge in [-0.2, -0.15) is 16.4 Å². The molecule has 1 N–H and O–H groups in total. The van der Waals surface area contributed by atoms with Crippen LogP contribution in [-0.2, 0) is 6.54 Å². The summed E-state index contributed by atoms with van der Waals surface area (Å²) in [5, 5.41) is 15.3. The van der Waals surface area contributed by atoms with Crippen LogP contribution >= 0.6 is 11.3 Å². The van der Waals surface area contributed by atoms with Gasteiger partial charge in [-0.3, -0.25) is 9.48 Å². The van der Waals surface area contributed by atoms with Gasteiger partial charge in [-0.15, -0.1) is 0 Å². The van der Waals surface area contributed by atoms with E-state index in [4.69, 9.17) is 4.52 Å². The first-order chi connectivity index (χ1) is 11.3. The molecule has 0 radical (unpaired) electrons. The Morgan fingerprint density at radius 1 is 1.43 bits per heavy atom. The Balaban J connectivity index is 1.30. The largest absolute Gasteiger partial charge is 0.360 e. The zero-order valence-electron chi connectivity index (χ0n) is 12.4. The summed E-state index contributed by atoms with van der Waals surface area (Å²) in [6.45, 7) is 1.11. The Bertz CT molecular complexity index is 802. The second kappa shape index (κ2) is 6.00. The highest BCUT2D eigenvalue weighted by Crippen LogP contribution is 2.40. The number of carbonyl (C=O) groups excluding carboxylic acids is 1. The molecule has 3 aromatic heterocycles. The third kappa shape index (κ3) is 3.19. The van der Waals surface area contributed by atoms with Crippen molar-refractivity contribution in [3.05, 3.63) is 46.6 Å². The van der Waals surface area contributed by atoms with Crippen molar-refractivity contribution >= 4 is 17.2 Å². The van der Waals surface area contributed by atoms with Crippen LogP contribution in [0.2, 0.25) is 0 Å². The van der Waals surface area contributed by atoms with E-state index in [0.29, 0.717) is 24.7 Å². The van der Waals surface area contributed by atoms with Crippen LogP contribution in [-0.4, -0.2) is 27.4 Å². The van der Waals surface area contributed by atoms with E-state index in [1.54, 1.807) is 17.4 Å². The Kier molecular flexibility index (Phi) is 3.70. The minimum atomic E-state index is -0.203. The van der Waals surface area contributed by atoms with Crippen molar-refractivity contribution in [2.45, 2.75) is 25.3 Å². The quantitative estimate of drug-likeness (QED) is 0.755. The van der Waals surface area contributed by atoms with Crippen LogP contribution in [0.15, 0.2) is 39.7 Å². The van der Waals surface area contributed by atoms with Gasteiger partial charge in [0.15, 0.2) is 5.69 Å². The number of carbonyl (C=O) groups is 1. The van der Waals surface area contributed by atoms with Crippen LogP contribution in [0.25, 0.3) is 11.3 Å². The third-order valence-electron chi connectivity index (χ3n) is 3.82. The van der Waals surface area contributed by atoms with Crippen molar-refractivity contribution in [2.75, 3.05) is 6.54 Å². The van der Waals surface area contributed by atoms with Gasteiger partial charge in [0.1, 0.15) is 5.76 Å². The lowest BCUT2D eigenvalue weighted by molar-refractivity contribution is 0.0943. The number of hydrogen-bond acceptors (Lipinski definition) is 5. The van der Waals surface area contributed by atoms with Crippen LogP contribution in [0.3, 0.4) is 0 Å². The summed E-state index contributed by atoms with van der Waals surface area (Å²) in [7, 11) is 0. The lowest BCUT2D eigenvalue weighted by Gasteiger charge is -2.03. The smallest absolute Gasteiger partial charge is 0.273 e. The predicted octanol–water partition coefficient (Wildman–Crippen LogP) is 2.91. The molecule has 0 bridgehead atoms. The molecule has 0 unspecified atom stereocenters. The molecule has 1 aliphatic carbocycles. The molecule has 3 aromatic rings. The summed E-state index contributed by atoms with van der Waals surface area (Å²) in [5.41, 5.74) is 2.42. The topological polar surface area (TPSA) is 73.0 Å². The minimum absolute atomic E-state index is 0.203. The molecule has 7 heteroatoms. The Labute approximate surface area is 137 Å². The molecule has 0 aromatic carbocycles. The van der Waals surface area contributed by atoms with Gasteiger partial charge >= 0.3 is 0 Å². The second-order valence-corrected chi connectivity index (χ2v) is 6.40. The van der Waals surface area contributed by atoms with Crippen molar-refractivity contribution in [2.24, 2.45) is 0 Å². The van der Waals surface area contributed by atoms with E-state index < -0.39 is 0 Å². The van der Waals surface area contributed by atoms with E-state index in [1.807, 2.05) is 28.4 Å². The molecule has 1 fully saturated rings. The third-order valence-corrected chi connectivity index (χ3v) is 4.51. The monoisotopic (exact) mass is 328 g/mol. The number of nitrogens with zero attached hydrogens (tertiary/aromatic N) is 3. The first-order valence-corrected chi connectivity index (χ1v) is 8.55. The van der Waals surface area contributed by atoms with Gasteiger partial charge in [0.05, 0.1) is 12.2 Å². The maximum atomic E-state index is 12.0. The zero-order valence-corrected chi connectivity index (χ0v) is 13.3. The Hall–Kier alpha value is -2.41. The predicted molar refractivity (Wildman–Crippen MR) is 86.4 cm³/mol. The summed E-state index contributed by atoms with van der Waals surface area (Å²) in [4.78, 5) is 12.0. The molecule has 0 spiro atoms. The van der Waals surface area contributed by atoms with E-state index in [1.165, 1.54) is 0 Å². The number of nitrogens with one attached hydrogen (secondary N) is 1.